The van der Waals surface area contributed by atoms with E-state index in [1.54, 1.807) is 6.08 Å². The van der Waals surface area contributed by atoms with Gasteiger partial charge in [-0.3, -0.25) is 4.79 Å². The third kappa shape index (κ3) is 3.02. The van der Waals surface area contributed by atoms with E-state index in [0.29, 0.717) is 24.7 Å². The van der Waals surface area contributed by atoms with E-state index in [2.05, 4.69) is 11.6 Å². The maximum absolute atomic E-state index is 12.1. The Balaban J connectivity index is 1.79. The van der Waals surface area contributed by atoms with E-state index < -0.39 is 15.9 Å². The van der Waals surface area contributed by atoms with Crippen molar-refractivity contribution in [2.24, 2.45) is 4.99 Å². The second-order valence-corrected chi connectivity index (χ2v) is 8.84. The fourth-order valence-electron chi connectivity index (χ4n) is 2.93. The van der Waals surface area contributed by atoms with E-state index in [0.717, 1.165) is 6.42 Å². The number of thioether (sulfide) groups is 1. The van der Waals surface area contributed by atoms with Gasteiger partial charge < -0.3 is 9.64 Å². The van der Waals surface area contributed by atoms with Crippen molar-refractivity contribution in [1.82, 2.24) is 4.90 Å². The van der Waals surface area contributed by atoms with Crippen LogP contribution in [0, 0.1) is 0 Å². The van der Waals surface area contributed by atoms with Gasteiger partial charge in [-0.25, -0.2) is 8.42 Å². The molecule has 0 unspecified atom stereocenters. The maximum Gasteiger partial charge on any atom is 0.277 e. The standard InChI is InChI=1S/C13H18N2O4S2/c1-2-5-15-9-7-21(17,18)8-11(9)20-13(15)14-12(16)10-4-3-6-19-10/h2,9-11H,1,3-8H2/t9-,10+,11+/m0/s1. The largest absolute Gasteiger partial charge is 0.368 e. The Bertz CT molecular complexity index is 581. The monoisotopic (exact) mass is 330 g/mol. The molecule has 1 amide bonds. The third-order valence-electron chi connectivity index (χ3n) is 3.91. The minimum atomic E-state index is -2.99. The molecule has 3 aliphatic rings. The number of nitrogens with zero attached hydrogens (tertiary/aromatic N) is 2. The quantitative estimate of drug-likeness (QED) is 0.699. The fourth-order valence-corrected chi connectivity index (χ4v) is 6.89. The molecular formula is C13H18N2O4S2. The normalized spacial score (nSPS) is 36.1. The molecule has 3 rings (SSSR count). The Morgan fingerprint density at radius 3 is 3.00 bits per heavy atom. The molecular weight excluding hydrogens is 312 g/mol. The van der Waals surface area contributed by atoms with Crippen molar-refractivity contribution in [3.8, 4) is 0 Å². The number of ether oxygens (including phenoxy) is 1. The summed E-state index contributed by atoms with van der Waals surface area (Å²) in [5.41, 5.74) is 0. The van der Waals surface area contributed by atoms with Gasteiger partial charge in [0.1, 0.15) is 6.10 Å². The molecule has 21 heavy (non-hydrogen) atoms. The number of fused-ring (bicyclic) bond motifs is 1. The SMILES string of the molecule is C=CCN1C(=NC(=O)[C@H]2CCCO2)S[C@@H]2CS(=O)(=O)C[C@@H]21. The van der Waals surface area contributed by atoms with Crippen LogP contribution in [0.1, 0.15) is 12.8 Å². The average Bonchev–Trinajstić information content (AvgIpc) is 3.08. The summed E-state index contributed by atoms with van der Waals surface area (Å²) in [4.78, 5) is 18.2. The molecule has 0 aromatic rings. The topological polar surface area (TPSA) is 76.0 Å². The van der Waals surface area contributed by atoms with Crippen LogP contribution in [0.3, 0.4) is 0 Å². The summed E-state index contributed by atoms with van der Waals surface area (Å²) >= 11 is 1.39. The molecule has 3 fully saturated rings. The highest BCUT2D eigenvalue weighted by molar-refractivity contribution is 8.15. The van der Waals surface area contributed by atoms with Gasteiger partial charge in [-0.15, -0.1) is 6.58 Å². The van der Waals surface area contributed by atoms with Crippen LogP contribution in [0.15, 0.2) is 17.6 Å². The molecule has 6 nitrogen and oxygen atoms in total. The molecule has 0 bridgehead atoms. The lowest BCUT2D eigenvalue weighted by Crippen LogP contribution is -2.38. The smallest absolute Gasteiger partial charge is 0.277 e. The number of amides is 1. The zero-order chi connectivity index (χ0) is 15.0. The van der Waals surface area contributed by atoms with E-state index in [-0.39, 0.29) is 28.7 Å². The van der Waals surface area contributed by atoms with Gasteiger partial charge in [0, 0.05) is 18.4 Å². The first kappa shape index (κ1) is 15.1. The minimum absolute atomic E-state index is 0.0361. The Hall–Kier alpha value is -0.860. The lowest BCUT2D eigenvalue weighted by molar-refractivity contribution is -0.126. The molecule has 116 valence electrons. The van der Waals surface area contributed by atoms with Crippen molar-refractivity contribution in [2.45, 2.75) is 30.2 Å². The van der Waals surface area contributed by atoms with E-state index in [9.17, 15) is 13.2 Å². The van der Waals surface area contributed by atoms with Crippen LogP contribution >= 0.6 is 11.8 Å². The number of aliphatic imine (C=N–C) groups is 1. The van der Waals surface area contributed by atoms with E-state index in [4.69, 9.17) is 4.74 Å². The van der Waals surface area contributed by atoms with Gasteiger partial charge in [0.05, 0.1) is 17.5 Å². The van der Waals surface area contributed by atoms with Gasteiger partial charge in [-0.05, 0) is 12.8 Å². The zero-order valence-electron chi connectivity index (χ0n) is 11.6. The summed E-state index contributed by atoms with van der Waals surface area (Å²) < 4.78 is 28.8. The predicted molar refractivity (Wildman–Crippen MR) is 82.1 cm³/mol. The Kier molecular flexibility index (Phi) is 4.11. The highest BCUT2D eigenvalue weighted by Crippen LogP contribution is 2.38. The van der Waals surface area contributed by atoms with Crippen LogP contribution in [-0.4, -0.2) is 66.4 Å². The molecule has 0 radical (unpaired) electrons. The molecule has 0 spiro atoms. The van der Waals surface area contributed by atoms with Crippen molar-refractivity contribution >= 4 is 32.7 Å². The van der Waals surface area contributed by atoms with Gasteiger partial charge in [0.15, 0.2) is 15.0 Å². The van der Waals surface area contributed by atoms with E-state index in [1.807, 2.05) is 4.90 Å². The zero-order valence-corrected chi connectivity index (χ0v) is 13.2. The summed E-state index contributed by atoms with van der Waals surface area (Å²) in [6.07, 6.45) is 2.87. The lowest BCUT2D eigenvalue weighted by Gasteiger charge is -2.22. The molecule has 0 N–H and O–H groups in total. The summed E-state index contributed by atoms with van der Waals surface area (Å²) in [6, 6.07) is -0.103. The van der Waals surface area contributed by atoms with Crippen molar-refractivity contribution in [3.05, 3.63) is 12.7 Å². The first-order valence-electron chi connectivity index (χ1n) is 6.99. The molecule has 3 saturated heterocycles. The summed E-state index contributed by atoms with van der Waals surface area (Å²) in [7, 11) is -2.99. The Morgan fingerprint density at radius 1 is 1.52 bits per heavy atom. The molecule has 0 aromatic carbocycles. The second kappa shape index (κ2) is 5.73. The maximum atomic E-state index is 12.1. The van der Waals surface area contributed by atoms with Crippen molar-refractivity contribution in [3.63, 3.8) is 0 Å². The van der Waals surface area contributed by atoms with Crippen LogP contribution in [0.4, 0.5) is 0 Å². The lowest BCUT2D eigenvalue weighted by atomic mass is 10.2. The van der Waals surface area contributed by atoms with E-state index >= 15 is 0 Å². The fraction of sp³-hybridized carbons (Fsp3) is 0.692. The van der Waals surface area contributed by atoms with Gasteiger partial charge >= 0.3 is 0 Å². The molecule has 3 heterocycles. The molecule has 0 aromatic heterocycles. The van der Waals surface area contributed by atoms with Crippen molar-refractivity contribution < 1.29 is 17.9 Å². The van der Waals surface area contributed by atoms with E-state index in [1.165, 1.54) is 11.8 Å². The highest BCUT2D eigenvalue weighted by atomic mass is 32.2. The number of sulfone groups is 1. The van der Waals surface area contributed by atoms with Gasteiger partial charge in [-0.1, -0.05) is 17.8 Å². The third-order valence-corrected chi connectivity index (χ3v) is 7.16. The summed E-state index contributed by atoms with van der Waals surface area (Å²) in [5.74, 6) is 0.0290. The minimum Gasteiger partial charge on any atom is -0.368 e. The van der Waals surface area contributed by atoms with Crippen molar-refractivity contribution in [1.29, 1.82) is 0 Å². The predicted octanol–water partition coefficient (Wildman–Crippen LogP) is 0.448. The number of carbonyl (C=O) groups excluding carboxylic acids is 1. The Labute approximate surface area is 128 Å². The number of hydrogen-bond donors (Lipinski definition) is 0. The first-order valence-corrected chi connectivity index (χ1v) is 9.69. The van der Waals surface area contributed by atoms with Crippen LogP contribution in [0.2, 0.25) is 0 Å². The first-order chi connectivity index (χ1) is 10.00. The number of rotatable bonds is 3. The molecule has 0 saturated carbocycles. The van der Waals surface area contributed by atoms with Crippen LogP contribution in [0.25, 0.3) is 0 Å². The number of hydrogen-bond acceptors (Lipinski definition) is 5. The van der Waals surface area contributed by atoms with Gasteiger partial charge in [0.25, 0.3) is 5.91 Å². The van der Waals surface area contributed by atoms with Crippen molar-refractivity contribution in [2.75, 3.05) is 24.7 Å². The summed E-state index contributed by atoms with van der Waals surface area (Å²) in [5, 5.41) is 0.575. The molecule has 3 aliphatic heterocycles. The van der Waals surface area contributed by atoms with Crippen LogP contribution in [-0.2, 0) is 19.4 Å². The van der Waals surface area contributed by atoms with Crippen LogP contribution < -0.4 is 0 Å². The molecule has 0 aliphatic carbocycles. The van der Waals surface area contributed by atoms with Gasteiger partial charge in [-0.2, -0.15) is 4.99 Å². The Morgan fingerprint density at radius 2 is 2.33 bits per heavy atom. The van der Waals surface area contributed by atoms with Gasteiger partial charge in [0.2, 0.25) is 0 Å². The number of amidine groups is 1. The number of carbonyl (C=O) groups is 1. The second-order valence-electron chi connectivity index (χ2n) is 5.48. The summed E-state index contributed by atoms with van der Waals surface area (Å²) in [6.45, 7) is 4.81. The molecule has 3 atom stereocenters. The molecule has 8 heteroatoms. The highest BCUT2D eigenvalue weighted by Gasteiger charge is 2.48. The van der Waals surface area contributed by atoms with Crippen LogP contribution in [0.5, 0.6) is 0 Å². The average molecular weight is 330 g/mol.